The Hall–Kier alpha value is -1.39. The van der Waals surface area contributed by atoms with Crippen LogP contribution in [0.3, 0.4) is 0 Å². The lowest BCUT2D eigenvalue weighted by atomic mass is 10.0. The summed E-state index contributed by atoms with van der Waals surface area (Å²) in [7, 11) is 0. The molecule has 1 rings (SSSR count). The van der Waals surface area contributed by atoms with Crippen LogP contribution in [0.25, 0.3) is 0 Å². The fraction of sp³-hybridized carbons (Fsp3) is 0.500. The summed E-state index contributed by atoms with van der Waals surface area (Å²) in [5, 5.41) is 12.5. The van der Waals surface area contributed by atoms with E-state index in [-0.39, 0.29) is 18.5 Å². The molecule has 1 aromatic carbocycles. The second-order valence-electron chi connectivity index (χ2n) is 4.90. The van der Waals surface area contributed by atoms with Gasteiger partial charge in [0.1, 0.15) is 5.82 Å². The smallest absolute Gasteiger partial charge is 0.126 e. The maximum Gasteiger partial charge on any atom is 0.126 e. The summed E-state index contributed by atoms with van der Waals surface area (Å²) in [5.74, 6) is -0.198. The largest absolute Gasteiger partial charge is 0.395 e. The minimum absolute atomic E-state index is 0.0520. The van der Waals surface area contributed by atoms with Crippen LogP contribution in [0.5, 0.6) is 0 Å². The highest BCUT2D eigenvalue weighted by Crippen LogP contribution is 2.29. The normalized spacial score (nSPS) is 12.2. The number of nitrogens with one attached hydrogen (secondary N) is 1. The van der Waals surface area contributed by atoms with Gasteiger partial charge in [-0.15, -0.1) is 6.58 Å². The molecule has 20 heavy (non-hydrogen) atoms. The number of anilines is 1. The second kappa shape index (κ2) is 8.02. The number of halogens is 1. The number of aliphatic hydroxyl groups excluding tert-OH is 1. The van der Waals surface area contributed by atoms with Gasteiger partial charge in [-0.1, -0.05) is 13.0 Å². The van der Waals surface area contributed by atoms with E-state index in [1.807, 2.05) is 24.8 Å². The van der Waals surface area contributed by atoms with Crippen LogP contribution in [0, 0.1) is 12.7 Å². The van der Waals surface area contributed by atoms with Crippen LogP contribution in [0.2, 0.25) is 0 Å². The molecular formula is C16H25FN2O. The molecule has 0 aliphatic heterocycles. The van der Waals surface area contributed by atoms with Crippen molar-refractivity contribution in [3.63, 3.8) is 0 Å². The number of aliphatic hydroxyl groups is 1. The fourth-order valence-corrected chi connectivity index (χ4v) is 2.31. The third-order valence-corrected chi connectivity index (χ3v) is 3.34. The van der Waals surface area contributed by atoms with E-state index < -0.39 is 0 Å². The third-order valence-electron chi connectivity index (χ3n) is 3.34. The first-order valence-electron chi connectivity index (χ1n) is 7.05. The van der Waals surface area contributed by atoms with Gasteiger partial charge in [0.05, 0.1) is 6.61 Å². The van der Waals surface area contributed by atoms with Crippen molar-refractivity contribution in [2.45, 2.75) is 26.8 Å². The average Bonchev–Trinajstić information content (AvgIpc) is 2.41. The van der Waals surface area contributed by atoms with Gasteiger partial charge in [-0.2, -0.15) is 0 Å². The van der Waals surface area contributed by atoms with Crippen molar-refractivity contribution < 1.29 is 9.50 Å². The Labute approximate surface area is 121 Å². The minimum Gasteiger partial charge on any atom is -0.395 e. The van der Waals surface area contributed by atoms with Gasteiger partial charge in [-0.3, -0.25) is 0 Å². The maximum absolute atomic E-state index is 13.9. The molecule has 0 bridgehead atoms. The van der Waals surface area contributed by atoms with Crippen LogP contribution in [-0.4, -0.2) is 31.3 Å². The summed E-state index contributed by atoms with van der Waals surface area (Å²) < 4.78 is 13.9. The minimum atomic E-state index is -0.198. The van der Waals surface area contributed by atoms with Gasteiger partial charge in [0, 0.05) is 24.8 Å². The SMILES string of the molecule is C=CCN(CCO)c1cc(C)c(F)cc1C(C)NCC. The summed E-state index contributed by atoms with van der Waals surface area (Å²) in [5.41, 5.74) is 2.47. The monoisotopic (exact) mass is 280 g/mol. The molecule has 0 heterocycles. The highest BCUT2D eigenvalue weighted by Gasteiger charge is 2.17. The lowest BCUT2D eigenvalue weighted by Gasteiger charge is -2.28. The molecule has 1 atom stereocenters. The van der Waals surface area contributed by atoms with Crippen LogP contribution in [-0.2, 0) is 0 Å². The van der Waals surface area contributed by atoms with Gasteiger partial charge in [-0.05, 0) is 43.7 Å². The van der Waals surface area contributed by atoms with Crippen molar-refractivity contribution in [1.29, 1.82) is 0 Å². The van der Waals surface area contributed by atoms with Crippen molar-refractivity contribution in [2.75, 3.05) is 31.1 Å². The van der Waals surface area contributed by atoms with E-state index in [0.717, 1.165) is 17.8 Å². The molecule has 112 valence electrons. The fourth-order valence-electron chi connectivity index (χ4n) is 2.31. The molecule has 0 aromatic heterocycles. The van der Waals surface area contributed by atoms with Gasteiger partial charge in [0.25, 0.3) is 0 Å². The molecule has 1 unspecified atom stereocenters. The zero-order valence-electron chi connectivity index (χ0n) is 12.6. The first-order valence-corrected chi connectivity index (χ1v) is 7.05. The molecule has 2 N–H and O–H groups in total. The van der Waals surface area contributed by atoms with Crippen molar-refractivity contribution in [2.24, 2.45) is 0 Å². The Kier molecular flexibility index (Phi) is 6.68. The molecule has 0 amide bonds. The molecule has 0 aliphatic rings. The van der Waals surface area contributed by atoms with Crippen molar-refractivity contribution in [3.8, 4) is 0 Å². The van der Waals surface area contributed by atoms with E-state index in [0.29, 0.717) is 18.7 Å². The average molecular weight is 280 g/mol. The molecule has 3 nitrogen and oxygen atoms in total. The Bertz CT molecular complexity index is 448. The number of benzene rings is 1. The molecule has 0 fully saturated rings. The molecule has 0 spiro atoms. The number of aryl methyl sites for hydroxylation is 1. The molecule has 0 saturated heterocycles. The molecule has 1 aromatic rings. The number of hydrogen-bond donors (Lipinski definition) is 2. The predicted octanol–water partition coefficient (Wildman–Crippen LogP) is 2.79. The first kappa shape index (κ1) is 16.7. The lowest BCUT2D eigenvalue weighted by Crippen LogP contribution is -2.29. The highest BCUT2D eigenvalue weighted by molar-refractivity contribution is 5.57. The second-order valence-corrected chi connectivity index (χ2v) is 4.90. The topological polar surface area (TPSA) is 35.5 Å². The number of hydrogen-bond acceptors (Lipinski definition) is 3. The Morgan fingerprint density at radius 3 is 2.75 bits per heavy atom. The quantitative estimate of drug-likeness (QED) is 0.719. The molecule has 0 aliphatic carbocycles. The van der Waals surface area contributed by atoms with Crippen LogP contribution in [0.1, 0.15) is 31.0 Å². The summed E-state index contributed by atoms with van der Waals surface area (Å²) in [6.45, 7) is 11.5. The Balaban J connectivity index is 3.25. The highest BCUT2D eigenvalue weighted by atomic mass is 19.1. The Morgan fingerprint density at radius 1 is 1.50 bits per heavy atom. The molecule has 4 heteroatoms. The van der Waals surface area contributed by atoms with E-state index in [2.05, 4.69) is 11.9 Å². The third kappa shape index (κ3) is 4.05. The van der Waals surface area contributed by atoms with Gasteiger partial charge in [0.15, 0.2) is 0 Å². The van der Waals surface area contributed by atoms with Crippen LogP contribution >= 0.6 is 0 Å². The van der Waals surface area contributed by atoms with Crippen molar-refractivity contribution in [3.05, 3.63) is 41.7 Å². The standard InChI is InChI=1S/C16H25FN2O/c1-5-7-19(8-9-20)16-10-12(3)15(17)11-14(16)13(4)18-6-2/h5,10-11,13,18,20H,1,6-9H2,2-4H3. The van der Waals surface area contributed by atoms with E-state index in [4.69, 9.17) is 0 Å². The zero-order valence-corrected chi connectivity index (χ0v) is 12.6. The van der Waals surface area contributed by atoms with Gasteiger partial charge in [-0.25, -0.2) is 4.39 Å². The molecular weight excluding hydrogens is 255 g/mol. The van der Waals surface area contributed by atoms with Gasteiger partial charge >= 0.3 is 0 Å². The van der Waals surface area contributed by atoms with Crippen molar-refractivity contribution in [1.82, 2.24) is 5.32 Å². The summed E-state index contributed by atoms with van der Waals surface area (Å²) in [4.78, 5) is 2.02. The lowest BCUT2D eigenvalue weighted by molar-refractivity contribution is 0.303. The predicted molar refractivity (Wildman–Crippen MR) is 82.7 cm³/mol. The maximum atomic E-state index is 13.9. The van der Waals surface area contributed by atoms with E-state index in [1.54, 1.807) is 19.1 Å². The number of rotatable bonds is 8. The summed E-state index contributed by atoms with van der Waals surface area (Å²) in [6, 6.07) is 3.49. The van der Waals surface area contributed by atoms with Crippen LogP contribution in [0.15, 0.2) is 24.8 Å². The Morgan fingerprint density at radius 2 is 2.20 bits per heavy atom. The van der Waals surface area contributed by atoms with Crippen LogP contribution < -0.4 is 10.2 Å². The van der Waals surface area contributed by atoms with Gasteiger partial charge < -0.3 is 15.3 Å². The molecule has 0 saturated carbocycles. The summed E-state index contributed by atoms with van der Waals surface area (Å²) >= 11 is 0. The van der Waals surface area contributed by atoms with Crippen LogP contribution in [0.4, 0.5) is 10.1 Å². The van der Waals surface area contributed by atoms with Gasteiger partial charge in [0.2, 0.25) is 0 Å². The first-order chi connectivity index (χ1) is 9.54. The van der Waals surface area contributed by atoms with E-state index in [1.165, 1.54) is 0 Å². The van der Waals surface area contributed by atoms with Crippen molar-refractivity contribution >= 4 is 5.69 Å². The number of nitrogens with zero attached hydrogens (tertiary/aromatic N) is 1. The zero-order chi connectivity index (χ0) is 15.1. The van der Waals surface area contributed by atoms with E-state index >= 15 is 0 Å². The van der Waals surface area contributed by atoms with E-state index in [9.17, 15) is 9.50 Å². The summed E-state index contributed by atoms with van der Waals surface area (Å²) in [6.07, 6.45) is 1.79. The molecule has 0 radical (unpaired) electrons.